The first kappa shape index (κ1) is 13.5. The Morgan fingerprint density at radius 1 is 1.11 bits per heavy atom. The fourth-order valence-electron chi connectivity index (χ4n) is 1.91. The van der Waals surface area contributed by atoms with Crippen molar-refractivity contribution in [1.82, 2.24) is 9.97 Å². The fourth-order valence-corrected chi connectivity index (χ4v) is 1.91. The summed E-state index contributed by atoms with van der Waals surface area (Å²) in [5.74, 6) is 2.17. The number of aromatic nitrogens is 2. The summed E-state index contributed by atoms with van der Waals surface area (Å²) in [6.45, 7) is 6.40. The van der Waals surface area contributed by atoms with Crippen molar-refractivity contribution in [3.05, 3.63) is 53.0 Å². The Bertz CT molecular complexity index is 544. The van der Waals surface area contributed by atoms with Crippen molar-refractivity contribution in [1.29, 1.82) is 0 Å². The summed E-state index contributed by atoms with van der Waals surface area (Å²) in [5.41, 5.74) is 3.60. The minimum atomic E-state index is 0.409. The van der Waals surface area contributed by atoms with Crippen LogP contribution in [0.25, 0.3) is 0 Å². The Morgan fingerprint density at radius 3 is 2.37 bits per heavy atom. The van der Waals surface area contributed by atoms with Gasteiger partial charge in [-0.15, -0.1) is 0 Å². The van der Waals surface area contributed by atoms with Crippen LogP contribution in [0.2, 0.25) is 0 Å². The van der Waals surface area contributed by atoms with Gasteiger partial charge in [-0.3, -0.25) is 0 Å². The number of benzene rings is 1. The molecule has 0 spiro atoms. The third-order valence-electron chi connectivity index (χ3n) is 3.12. The second-order valence-corrected chi connectivity index (χ2v) is 5.16. The molecule has 1 aromatic carbocycles. The van der Waals surface area contributed by atoms with Gasteiger partial charge in [0, 0.05) is 25.2 Å². The molecule has 0 amide bonds. The van der Waals surface area contributed by atoms with Gasteiger partial charge in [0.05, 0.1) is 0 Å². The highest BCUT2D eigenvalue weighted by Crippen LogP contribution is 2.17. The number of nitrogens with zero attached hydrogens (tertiary/aromatic N) is 2. The van der Waals surface area contributed by atoms with Gasteiger partial charge in [-0.1, -0.05) is 43.7 Å². The summed E-state index contributed by atoms with van der Waals surface area (Å²) in [4.78, 5) is 9.18. The van der Waals surface area contributed by atoms with E-state index in [1.807, 2.05) is 13.1 Å². The minimum Gasteiger partial charge on any atom is -0.373 e. The van der Waals surface area contributed by atoms with Crippen molar-refractivity contribution in [2.75, 3.05) is 12.4 Å². The highest BCUT2D eigenvalue weighted by atomic mass is 15.0. The highest BCUT2D eigenvalue weighted by Gasteiger charge is 2.07. The van der Waals surface area contributed by atoms with Crippen LogP contribution in [0.5, 0.6) is 0 Å². The van der Waals surface area contributed by atoms with Gasteiger partial charge in [-0.05, 0) is 18.4 Å². The van der Waals surface area contributed by atoms with Gasteiger partial charge in [0.25, 0.3) is 0 Å². The monoisotopic (exact) mass is 255 g/mol. The van der Waals surface area contributed by atoms with Crippen LogP contribution >= 0.6 is 0 Å². The molecule has 19 heavy (non-hydrogen) atoms. The largest absolute Gasteiger partial charge is 0.373 e. The topological polar surface area (TPSA) is 37.8 Å². The van der Waals surface area contributed by atoms with E-state index in [9.17, 15) is 0 Å². The van der Waals surface area contributed by atoms with Crippen LogP contribution in [0.3, 0.4) is 0 Å². The summed E-state index contributed by atoms with van der Waals surface area (Å²) < 4.78 is 0. The van der Waals surface area contributed by atoms with E-state index in [-0.39, 0.29) is 0 Å². The van der Waals surface area contributed by atoms with E-state index < -0.39 is 0 Å². The maximum absolute atomic E-state index is 4.65. The molecule has 0 aliphatic heterocycles. The SMILES string of the molecule is CNc1cc(C(C)C)nc(Cc2ccc(C)cc2)n1. The lowest BCUT2D eigenvalue weighted by Crippen LogP contribution is -2.05. The molecule has 0 radical (unpaired) electrons. The van der Waals surface area contributed by atoms with E-state index in [0.717, 1.165) is 23.8 Å². The van der Waals surface area contributed by atoms with Crippen LogP contribution in [-0.2, 0) is 6.42 Å². The fraction of sp³-hybridized carbons (Fsp3) is 0.375. The van der Waals surface area contributed by atoms with Crippen molar-refractivity contribution >= 4 is 5.82 Å². The molecule has 0 aliphatic carbocycles. The number of anilines is 1. The third-order valence-corrected chi connectivity index (χ3v) is 3.12. The summed E-state index contributed by atoms with van der Waals surface area (Å²) >= 11 is 0. The van der Waals surface area contributed by atoms with E-state index in [4.69, 9.17) is 0 Å². The standard InChI is InChI=1S/C16H21N3/c1-11(2)14-10-15(17-4)19-16(18-14)9-13-7-5-12(3)6-8-13/h5-8,10-11H,9H2,1-4H3,(H,17,18,19). The van der Waals surface area contributed by atoms with Crippen LogP contribution in [0, 0.1) is 6.92 Å². The Kier molecular flexibility index (Phi) is 4.15. The molecule has 0 unspecified atom stereocenters. The van der Waals surface area contributed by atoms with E-state index in [1.165, 1.54) is 11.1 Å². The smallest absolute Gasteiger partial charge is 0.135 e. The molecule has 0 aliphatic rings. The van der Waals surface area contributed by atoms with Crippen molar-refractivity contribution in [2.45, 2.75) is 33.1 Å². The van der Waals surface area contributed by atoms with Crippen LogP contribution in [0.4, 0.5) is 5.82 Å². The number of hydrogen-bond acceptors (Lipinski definition) is 3. The van der Waals surface area contributed by atoms with E-state index in [0.29, 0.717) is 5.92 Å². The number of aryl methyl sites for hydroxylation is 1. The molecule has 100 valence electrons. The second-order valence-electron chi connectivity index (χ2n) is 5.16. The van der Waals surface area contributed by atoms with Crippen molar-refractivity contribution in [2.24, 2.45) is 0 Å². The molecular weight excluding hydrogens is 234 g/mol. The molecule has 1 aromatic heterocycles. The molecule has 3 heteroatoms. The normalized spacial score (nSPS) is 10.8. The number of hydrogen-bond donors (Lipinski definition) is 1. The molecule has 0 saturated heterocycles. The maximum atomic E-state index is 4.65. The number of rotatable bonds is 4. The second kappa shape index (κ2) is 5.83. The zero-order valence-corrected chi connectivity index (χ0v) is 12.1. The summed E-state index contributed by atoms with van der Waals surface area (Å²) in [5, 5.41) is 3.11. The Balaban J connectivity index is 2.28. The summed E-state index contributed by atoms with van der Waals surface area (Å²) in [6, 6.07) is 10.5. The van der Waals surface area contributed by atoms with Gasteiger partial charge in [0.15, 0.2) is 0 Å². The van der Waals surface area contributed by atoms with Crippen LogP contribution < -0.4 is 5.32 Å². The quantitative estimate of drug-likeness (QED) is 0.908. The average molecular weight is 255 g/mol. The Hall–Kier alpha value is -1.90. The average Bonchev–Trinajstić information content (AvgIpc) is 2.41. The van der Waals surface area contributed by atoms with Gasteiger partial charge in [0.1, 0.15) is 11.6 Å². The lowest BCUT2D eigenvalue weighted by molar-refractivity contribution is 0.793. The zero-order chi connectivity index (χ0) is 13.8. The molecular formula is C16H21N3. The third kappa shape index (κ3) is 3.53. The molecule has 0 saturated carbocycles. The van der Waals surface area contributed by atoms with E-state index in [2.05, 4.69) is 60.3 Å². The lowest BCUT2D eigenvalue weighted by atomic mass is 10.1. The van der Waals surface area contributed by atoms with Gasteiger partial charge in [0.2, 0.25) is 0 Å². The van der Waals surface area contributed by atoms with Gasteiger partial charge < -0.3 is 5.32 Å². The minimum absolute atomic E-state index is 0.409. The number of nitrogens with one attached hydrogen (secondary N) is 1. The Morgan fingerprint density at radius 2 is 1.79 bits per heavy atom. The van der Waals surface area contributed by atoms with Crippen molar-refractivity contribution in [3.63, 3.8) is 0 Å². The molecule has 0 atom stereocenters. The van der Waals surface area contributed by atoms with Gasteiger partial charge >= 0.3 is 0 Å². The maximum Gasteiger partial charge on any atom is 0.135 e. The van der Waals surface area contributed by atoms with Crippen LogP contribution in [-0.4, -0.2) is 17.0 Å². The molecule has 2 rings (SSSR count). The van der Waals surface area contributed by atoms with Crippen molar-refractivity contribution < 1.29 is 0 Å². The molecule has 1 heterocycles. The molecule has 2 aromatic rings. The first-order valence-electron chi connectivity index (χ1n) is 6.69. The predicted molar refractivity (Wildman–Crippen MR) is 79.7 cm³/mol. The van der Waals surface area contributed by atoms with Crippen LogP contribution in [0.1, 0.15) is 42.4 Å². The van der Waals surface area contributed by atoms with E-state index >= 15 is 0 Å². The Labute approximate surface area is 115 Å². The molecule has 1 N–H and O–H groups in total. The first-order valence-corrected chi connectivity index (χ1v) is 6.69. The lowest BCUT2D eigenvalue weighted by Gasteiger charge is -2.10. The van der Waals surface area contributed by atoms with Gasteiger partial charge in [-0.2, -0.15) is 0 Å². The zero-order valence-electron chi connectivity index (χ0n) is 12.1. The predicted octanol–water partition coefficient (Wildman–Crippen LogP) is 3.54. The van der Waals surface area contributed by atoms with E-state index in [1.54, 1.807) is 0 Å². The summed E-state index contributed by atoms with van der Waals surface area (Å²) in [7, 11) is 1.89. The first-order chi connectivity index (χ1) is 9.08. The van der Waals surface area contributed by atoms with Crippen LogP contribution in [0.15, 0.2) is 30.3 Å². The van der Waals surface area contributed by atoms with Crippen molar-refractivity contribution in [3.8, 4) is 0 Å². The summed E-state index contributed by atoms with van der Waals surface area (Å²) in [6.07, 6.45) is 0.773. The molecule has 0 fully saturated rings. The molecule has 3 nitrogen and oxygen atoms in total. The highest BCUT2D eigenvalue weighted by molar-refractivity contribution is 5.37. The van der Waals surface area contributed by atoms with Gasteiger partial charge in [-0.25, -0.2) is 9.97 Å². The molecule has 0 bridgehead atoms.